The van der Waals surface area contributed by atoms with Gasteiger partial charge in [0, 0.05) is 9.92 Å². The fourth-order valence-corrected chi connectivity index (χ4v) is 3.05. The van der Waals surface area contributed by atoms with Crippen LogP contribution in [0.3, 0.4) is 0 Å². The third-order valence-corrected chi connectivity index (χ3v) is 4.33. The van der Waals surface area contributed by atoms with Crippen molar-refractivity contribution in [1.29, 1.82) is 0 Å². The number of aliphatic hydroxyl groups is 1. The average Bonchev–Trinajstić information content (AvgIpc) is 2.38. The Morgan fingerprint density at radius 2 is 2.10 bits per heavy atom. The topological polar surface area (TPSA) is 49.3 Å². The Balaban J connectivity index is 2.48. The van der Waals surface area contributed by atoms with Gasteiger partial charge in [0.25, 0.3) is 0 Å². The van der Waals surface area contributed by atoms with E-state index < -0.39 is 0 Å². The van der Waals surface area contributed by atoms with Gasteiger partial charge in [-0.15, -0.1) is 11.8 Å². The van der Waals surface area contributed by atoms with E-state index in [1.165, 1.54) is 11.8 Å². The monoisotopic (exact) mass is 335 g/mol. The van der Waals surface area contributed by atoms with Crippen LogP contribution in [0.4, 0.5) is 0 Å². The minimum Gasteiger partial charge on any atom is -0.394 e. The fourth-order valence-electron chi connectivity index (χ4n) is 1.75. The Labute approximate surface area is 134 Å². The molecule has 0 aromatic heterocycles. The van der Waals surface area contributed by atoms with Crippen LogP contribution >= 0.6 is 35.0 Å². The maximum absolute atomic E-state index is 11.8. The van der Waals surface area contributed by atoms with Crippen LogP contribution in [0, 0.1) is 5.92 Å². The molecule has 1 rings (SSSR count). The minimum atomic E-state index is -0.196. The zero-order chi connectivity index (χ0) is 15.1. The number of aliphatic hydroxyl groups excluding tert-OH is 1. The van der Waals surface area contributed by atoms with Crippen molar-refractivity contribution < 1.29 is 9.90 Å². The van der Waals surface area contributed by atoms with Gasteiger partial charge in [-0.3, -0.25) is 4.79 Å². The van der Waals surface area contributed by atoms with Crippen LogP contribution in [0.15, 0.2) is 23.1 Å². The van der Waals surface area contributed by atoms with Gasteiger partial charge in [-0.05, 0) is 30.5 Å². The second kappa shape index (κ2) is 8.78. The zero-order valence-corrected chi connectivity index (χ0v) is 13.9. The molecule has 0 aliphatic rings. The highest BCUT2D eigenvalue weighted by Crippen LogP contribution is 2.29. The molecule has 0 bridgehead atoms. The normalized spacial score (nSPS) is 12.5. The summed E-state index contributed by atoms with van der Waals surface area (Å²) in [6.07, 6.45) is 0.755. The van der Waals surface area contributed by atoms with Crippen LogP contribution in [0.2, 0.25) is 10.0 Å². The van der Waals surface area contributed by atoms with Gasteiger partial charge in [0.2, 0.25) is 5.91 Å². The number of halogens is 2. The molecule has 2 N–H and O–H groups in total. The van der Waals surface area contributed by atoms with Crippen molar-refractivity contribution in [1.82, 2.24) is 5.32 Å². The lowest BCUT2D eigenvalue weighted by Gasteiger charge is -2.18. The SMILES string of the molecule is CC(C)CC(CO)NC(=O)CSc1cc(Cl)ccc1Cl. The molecule has 112 valence electrons. The zero-order valence-electron chi connectivity index (χ0n) is 11.5. The highest BCUT2D eigenvalue weighted by molar-refractivity contribution is 8.00. The third-order valence-electron chi connectivity index (χ3n) is 2.59. The summed E-state index contributed by atoms with van der Waals surface area (Å²) in [5.74, 6) is 0.544. The maximum Gasteiger partial charge on any atom is 0.230 e. The Kier molecular flexibility index (Phi) is 7.74. The van der Waals surface area contributed by atoms with E-state index in [1.54, 1.807) is 18.2 Å². The van der Waals surface area contributed by atoms with Gasteiger partial charge < -0.3 is 10.4 Å². The predicted molar refractivity (Wildman–Crippen MR) is 85.7 cm³/mol. The standard InChI is InChI=1S/C14H19Cl2NO2S/c1-9(2)5-11(7-18)17-14(19)8-20-13-6-10(15)3-4-12(13)16/h3-4,6,9,11,18H,5,7-8H2,1-2H3,(H,17,19). The smallest absolute Gasteiger partial charge is 0.230 e. The Hall–Kier alpha value is -0.420. The highest BCUT2D eigenvalue weighted by Gasteiger charge is 2.13. The van der Waals surface area contributed by atoms with E-state index in [2.05, 4.69) is 19.2 Å². The van der Waals surface area contributed by atoms with Gasteiger partial charge >= 0.3 is 0 Å². The quantitative estimate of drug-likeness (QED) is 0.748. The van der Waals surface area contributed by atoms with E-state index in [9.17, 15) is 9.90 Å². The second-order valence-corrected chi connectivity index (χ2v) is 6.80. The molecule has 20 heavy (non-hydrogen) atoms. The van der Waals surface area contributed by atoms with Crippen molar-refractivity contribution in [2.75, 3.05) is 12.4 Å². The van der Waals surface area contributed by atoms with Gasteiger partial charge in [-0.2, -0.15) is 0 Å². The van der Waals surface area contributed by atoms with Gasteiger partial charge in [0.1, 0.15) is 0 Å². The van der Waals surface area contributed by atoms with Gasteiger partial charge in [0.05, 0.1) is 23.4 Å². The molecule has 0 radical (unpaired) electrons. The first kappa shape index (κ1) is 17.6. The summed E-state index contributed by atoms with van der Waals surface area (Å²) in [4.78, 5) is 12.6. The molecular formula is C14H19Cl2NO2S. The molecule has 0 saturated carbocycles. The van der Waals surface area contributed by atoms with Crippen molar-refractivity contribution in [3.05, 3.63) is 28.2 Å². The number of benzene rings is 1. The first-order valence-corrected chi connectivity index (χ1v) is 8.14. The molecule has 3 nitrogen and oxygen atoms in total. The minimum absolute atomic E-state index is 0.0491. The Morgan fingerprint density at radius 3 is 2.70 bits per heavy atom. The summed E-state index contributed by atoms with van der Waals surface area (Å²) in [7, 11) is 0. The lowest BCUT2D eigenvalue weighted by molar-refractivity contribution is -0.119. The molecule has 1 atom stereocenters. The number of carbonyl (C=O) groups is 1. The molecular weight excluding hydrogens is 317 g/mol. The van der Waals surface area contributed by atoms with E-state index >= 15 is 0 Å². The van der Waals surface area contributed by atoms with E-state index in [0.29, 0.717) is 16.0 Å². The number of hydrogen-bond acceptors (Lipinski definition) is 3. The van der Waals surface area contributed by atoms with Crippen molar-refractivity contribution in [3.63, 3.8) is 0 Å². The molecule has 1 amide bonds. The third kappa shape index (κ3) is 6.35. The number of nitrogens with one attached hydrogen (secondary N) is 1. The molecule has 0 saturated heterocycles. The molecule has 0 aliphatic heterocycles. The Bertz CT molecular complexity index is 455. The molecule has 1 aromatic carbocycles. The van der Waals surface area contributed by atoms with Crippen molar-refractivity contribution in [2.45, 2.75) is 31.2 Å². The van der Waals surface area contributed by atoms with E-state index in [-0.39, 0.29) is 24.3 Å². The van der Waals surface area contributed by atoms with E-state index in [1.807, 2.05) is 0 Å². The summed E-state index contributed by atoms with van der Waals surface area (Å²) in [5, 5.41) is 13.2. The lowest BCUT2D eigenvalue weighted by atomic mass is 10.0. The molecule has 6 heteroatoms. The number of hydrogen-bond donors (Lipinski definition) is 2. The molecule has 0 spiro atoms. The molecule has 1 unspecified atom stereocenters. The van der Waals surface area contributed by atoms with Gasteiger partial charge in [-0.1, -0.05) is 37.0 Å². The fraction of sp³-hybridized carbons (Fsp3) is 0.500. The number of rotatable bonds is 7. The molecule has 0 aliphatic carbocycles. The van der Waals surface area contributed by atoms with Crippen LogP contribution in [-0.2, 0) is 4.79 Å². The van der Waals surface area contributed by atoms with Crippen molar-refractivity contribution in [3.8, 4) is 0 Å². The van der Waals surface area contributed by atoms with Crippen LogP contribution in [-0.4, -0.2) is 29.4 Å². The summed E-state index contributed by atoms with van der Waals surface area (Å²) in [6, 6.07) is 4.95. The van der Waals surface area contributed by atoms with E-state index in [0.717, 1.165) is 11.3 Å². The van der Waals surface area contributed by atoms with Crippen LogP contribution in [0.1, 0.15) is 20.3 Å². The molecule has 0 heterocycles. The number of amides is 1. The number of carbonyl (C=O) groups excluding carboxylic acids is 1. The first-order valence-electron chi connectivity index (χ1n) is 6.40. The van der Waals surface area contributed by atoms with Crippen LogP contribution < -0.4 is 5.32 Å². The highest BCUT2D eigenvalue weighted by atomic mass is 35.5. The summed E-state index contributed by atoms with van der Waals surface area (Å²) >= 11 is 13.3. The summed E-state index contributed by atoms with van der Waals surface area (Å²) < 4.78 is 0. The van der Waals surface area contributed by atoms with E-state index in [4.69, 9.17) is 23.2 Å². The average molecular weight is 336 g/mol. The summed E-state index contributed by atoms with van der Waals surface area (Å²) in [6.45, 7) is 4.05. The Morgan fingerprint density at radius 1 is 1.40 bits per heavy atom. The van der Waals surface area contributed by atoms with Gasteiger partial charge in [0.15, 0.2) is 0 Å². The van der Waals surface area contributed by atoms with Crippen molar-refractivity contribution >= 4 is 40.9 Å². The maximum atomic E-state index is 11.8. The largest absolute Gasteiger partial charge is 0.394 e. The second-order valence-electron chi connectivity index (χ2n) is 4.94. The number of thioether (sulfide) groups is 1. The molecule has 1 aromatic rings. The van der Waals surface area contributed by atoms with Crippen LogP contribution in [0.5, 0.6) is 0 Å². The molecule has 0 fully saturated rings. The summed E-state index contributed by atoms with van der Waals surface area (Å²) in [5.41, 5.74) is 0. The first-order chi connectivity index (χ1) is 9.42. The van der Waals surface area contributed by atoms with Gasteiger partial charge in [-0.25, -0.2) is 0 Å². The van der Waals surface area contributed by atoms with Crippen molar-refractivity contribution in [2.24, 2.45) is 5.92 Å². The predicted octanol–water partition coefficient (Wildman–Crippen LogP) is 3.61. The lowest BCUT2D eigenvalue weighted by Crippen LogP contribution is -2.39. The van der Waals surface area contributed by atoms with Crippen LogP contribution in [0.25, 0.3) is 0 Å².